The Labute approximate surface area is 169 Å². The Balaban J connectivity index is 1.75. The van der Waals surface area contributed by atoms with Crippen LogP contribution in [-0.4, -0.2) is 27.7 Å². The summed E-state index contributed by atoms with van der Waals surface area (Å²) in [4.78, 5) is 8.23. The third-order valence-electron chi connectivity index (χ3n) is 4.29. The van der Waals surface area contributed by atoms with E-state index in [2.05, 4.69) is 22.6 Å². The van der Waals surface area contributed by atoms with Gasteiger partial charge >= 0.3 is 5.23 Å². The molecule has 28 heavy (non-hydrogen) atoms. The minimum absolute atomic E-state index is 0.109. The number of ether oxygens (including phenoxy) is 2. The molecular formula is C21H23N4O2S+. The normalized spacial score (nSPS) is 11.3. The molecule has 3 rings (SSSR count). The Morgan fingerprint density at radius 2 is 2.00 bits per heavy atom. The van der Waals surface area contributed by atoms with E-state index in [0.29, 0.717) is 17.1 Å². The zero-order chi connectivity index (χ0) is 19.9. The smallest absolute Gasteiger partial charge is 0.414 e. The summed E-state index contributed by atoms with van der Waals surface area (Å²) < 4.78 is 13.3. The van der Waals surface area contributed by atoms with Crippen molar-refractivity contribution in [2.75, 3.05) is 7.11 Å². The number of benzene rings is 2. The molecule has 7 heteroatoms. The molecule has 0 aliphatic carbocycles. The van der Waals surface area contributed by atoms with Crippen LogP contribution in [0, 0.1) is 12.3 Å². The van der Waals surface area contributed by atoms with Gasteiger partial charge in [-0.2, -0.15) is 0 Å². The van der Waals surface area contributed by atoms with Crippen molar-refractivity contribution in [1.29, 1.82) is 5.41 Å². The molecule has 0 atom stereocenters. The van der Waals surface area contributed by atoms with Crippen LogP contribution >= 0.6 is 0 Å². The average Bonchev–Trinajstić information content (AvgIpc) is 3.21. The van der Waals surface area contributed by atoms with Gasteiger partial charge in [0.05, 0.1) is 26.1 Å². The van der Waals surface area contributed by atoms with E-state index in [0.717, 1.165) is 18.5 Å². The van der Waals surface area contributed by atoms with Gasteiger partial charge in [-0.1, -0.05) is 30.3 Å². The predicted molar refractivity (Wildman–Crippen MR) is 115 cm³/mol. The van der Waals surface area contributed by atoms with Crippen molar-refractivity contribution in [2.24, 2.45) is 4.99 Å². The quantitative estimate of drug-likeness (QED) is 0.396. The molecule has 144 valence electrons. The number of amidine groups is 1. The summed E-state index contributed by atoms with van der Waals surface area (Å²) in [6.45, 7) is 2.87. The maximum Gasteiger partial charge on any atom is 0.414 e. The number of imidazole rings is 1. The number of nitrogens with one attached hydrogen (secondary N) is 1. The van der Waals surface area contributed by atoms with Crippen LogP contribution in [0.2, 0.25) is 0 Å². The van der Waals surface area contributed by atoms with Crippen molar-refractivity contribution in [2.45, 2.75) is 19.9 Å². The number of aliphatic imine (C=N–C) groups is 1. The van der Waals surface area contributed by atoms with Gasteiger partial charge in [0, 0.05) is 24.5 Å². The largest absolute Gasteiger partial charge is 0.493 e. The summed E-state index contributed by atoms with van der Waals surface area (Å²) in [5.74, 6) is 1.27. The highest BCUT2D eigenvalue weighted by molar-refractivity contribution is 7.77. The second-order valence-electron chi connectivity index (χ2n) is 6.21. The Morgan fingerprint density at radius 3 is 2.68 bits per heavy atom. The maximum absolute atomic E-state index is 8.09. The molecule has 3 aromatic rings. The first kappa shape index (κ1) is 19.7. The van der Waals surface area contributed by atoms with Gasteiger partial charge in [0.2, 0.25) is 0 Å². The lowest BCUT2D eigenvalue weighted by atomic mass is 10.0. The van der Waals surface area contributed by atoms with E-state index in [1.54, 1.807) is 19.6 Å². The molecule has 0 unspecified atom stereocenters. The second kappa shape index (κ2) is 9.23. The summed E-state index contributed by atoms with van der Waals surface area (Å²) in [5.41, 5.74) is 2.97. The highest BCUT2D eigenvalue weighted by Gasteiger charge is 2.14. The predicted octanol–water partition coefficient (Wildman–Crippen LogP) is 3.21. The molecule has 0 aliphatic rings. The first-order valence-corrected chi connectivity index (χ1v) is 9.32. The molecule has 1 heterocycles. The molecule has 0 aliphatic heterocycles. The first-order chi connectivity index (χ1) is 13.6. The fraction of sp³-hybridized carbons (Fsp3) is 0.190. The molecule has 2 aromatic carbocycles. The highest BCUT2D eigenvalue weighted by atomic mass is 32.1. The topological polar surface area (TPSA) is 72.5 Å². The number of methoxy groups -OCH3 is 1. The SMILES string of the molecule is COc1cc(CCn2ccnc2)c(C)cc1OC([SH2+])=NC(=N)c1ccccc1. The van der Waals surface area contributed by atoms with Crippen LogP contribution in [0.15, 0.2) is 66.2 Å². The molecule has 0 saturated carbocycles. The summed E-state index contributed by atoms with van der Waals surface area (Å²) >= 11 is 3.35. The zero-order valence-corrected chi connectivity index (χ0v) is 16.8. The Kier molecular flexibility index (Phi) is 6.49. The molecule has 0 radical (unpaired) electrons. The Morgan fingerprint density at radius 1 is 1.21 bits per heavy atom. The van der Waals surface area contributed by atoms with E-state index in [1.165, 1.54) is 5.56 Å². The maximum atomic E-state index is 8.09. The second-order valence-corrected chi connectivity index (χ2v) is 6.64. The first-order valence-electron chi connectivity index (χ1n) is 8.82. The van der Waals surface area contributed by atoms with Gasteiger partial charge in [-0.3, -0.25) is 5.41 Å². The number of nitrogens with zero attached hydrogens (tertiary/aromatic N) is 3. The average molecular weight is 396 g/mol. The van der Waals surface area contributed by atoms with Crippen molar-refractivity contribution < 1.29 is 9.47 Å². The van der Waals surface area contributed by atoms with Crippen molar-refractivity contribution >= 4 is 23.7 Å². The summed E-state index contributed by atoms with van der Waals surface area (Å²) in [5, 5.41) is 8.28. The lowest BCUT2D eigenvalue weighted by molar-refractivity contribution is 0.392. The fourth-order valence-electron chi connectivity index (χ4n) is 2.77. The van der Waals surface area contributed by atoms with Crippen LogP contribution in [-0.2, 0) is 25.6 Å². The van der Waals surface area contributed by atoms with E-state index in [1.807, 2.05) is 60.2 Å². The Hall–Kier alpha value is -3.06. The van der Waals surface area contributed by atoms with Gasteiger partial charge in [-0.05, 0) is 36.6 Å². The highest BCUT2D eigenvalue weighted by Crippen LogP contribution is 2.31. The van der Waals surface area contributed by atoms with Crippen LogP contribution in [0.1, 0.15) is 16.7 Å². The number of aryl methyl sites for hydroxylation is 3. The van der Waals surface area contributed by atoms with Crippen molar-refractivity contribution in [3.8, 4) is 11.5 Å². The van der Waals surface area contributed by atoms with Gasteiger partial charge in [-0.25, -0.2) is 4.98 Å². The lowest BCUT2D eigenvalue weighted by Gasteiger charge is -2.13. The number of rotatable bonds is 6. The number of hydrogen-bond donors (Lipinski definition) is 1. The third-order valence-corrected chi connectivity index (χ3v) is 4.50. The molecule has 0 saturated heterocycles. The number of aromatic nitrogens is 2. The van der Waals surface area contributed by atoms with Gasteiger partial charge in [0.15, 0.2) is 17.3 Å². The van der Waals surface area contributed by atoms with Crippen molar-refractivity contribution in [1.82, 2.24) is 9.55 Å². The minimum Gasteiger partial charge on any atom is -0.493 e. The van der Waals surface area contributed by atoms with E-state index < -0.39 is 0 Å². The lowest BCUT2D eigenvalue weighted by Crippen LogP contribution is -2.10. The molecule has 1 N–H and O–H groups in total. The monoisotopic (exact) mass is 395 g/mol. The number of hydrogen-bond acceptors (Lipinski definition) is 4. The zero-order valence-electron chi connectivity index (χ0n) is 15.8. The minimum atomic E-state index is 0.109. The molecular weight excluding hydrogens is 372 g/mol. The molecule has 0 fully saturated rings. The fourth-order valence-corrected chi connectivity index (χ4v) is 2.99. The van der Waals surface area contributed by atoms with Gasteiger partial charge in [0.1, 0.15) is 0 Å². The third kappa shape index (κ3) is 5.01. The summed E-state index contributed by atoms with van der Waals surface area (Å²) in [7, 11) is 1.60. The van der Waals surface area contributed by atoms with Crippen LogP contribution in [0.3, 0.4) is 0 Å². The van der Waals surface area contributed by atoms with Crippen molar-refractivity contribution in [3.05, 3.63) is 77.9 Å². The molecule has 1 aromatic heterocycles. The van der Waals surface area contributed by atoms with Crippen LogP contribution in [0.25, 0.3) is 0 Å². The van der Waals surface area contributed by atoms with Crippen LogP contribution < -0.4 is 9.47 Å². The van der Waals surface area contributed by atoms with Crippen LogP contribution in [0.5, 0.6) is 11.5 Å². The molecule has 6 nitrogen and oxygen atoms in total. The molecule has 0 bridgehead atoms. The molecule has 0 spiro atoms. The van der Waals surface area contributed by atoms with E-state index >= 15 is 0 Å². The Bertz CT molecular complexity index is 970. The summed E-state index contributed by atoms with van der Waals surface area (Å²) in [6, 6.07) is 13.2. The van der Waals surface area contributed by atoms with Gasteiger partial charge in [-0.15, -0.1) is 4.99 Å². The summed E-state index contributed by atoms with van der Waals surface area (Å²) in [6.07, 6.45) is 6.37. The van der Waals surface area contributed by atoms with Crippen LogP contribution in [0.4, 0.5) is 0 Å². The van der Waals surface area contributed by atoms with E-state index in [9.17, 15) is 0 Å². The standard InChI is InChI=1S/C21H22N4O2S/c1-15-12-19(27-21(28)24-20(22)16-6-4-3-5-7-16)18(26-2)13-17(15)8-10-25-11-9-23-14-25/h3-7,9,11-14H,8,10H2,1-2H3,(H2,22,24,28)/p+1. The van der Waals surface area contributed by atoms with E-state index in [-0.39, 0.29) is 11.1 Å². The van der Waals surface area contributed by atoms with E-state index in [4.69, 9.17) is 14.9 Å². The van der Waals surface area contributed by atoms with Gasteiger partial charge in [0.25, 0.3) is 0 Å². The molecule has 0 amide bonds. The van der Waals surface area contributed by atoms with Crippen molar-refractivity contribution in [3.63, 3.8) is 0 Å². The van der Waals surface area contributed by atoms with Gasteiger partial charge < -0.3 is 14.0 Å².